The molecule has 1 amide bonds. The Morgan fingerprint density at radius 3 is 2.65 bits per heavy atom. The van der Waals surface area contributed by atoms with Crippen LogP contribution in [0.5, 0.6) is 5.75 Å². The largest absolute Gasteiger partial charge is 0.497 e. The first-order valence-corrected chi connectivity index (χ1v) is 11.8. The summed E-state index contributed by atoms with van der Waals surface area (Å²) in [7, 11) is 1.63. The molecule has 178 valence electrons. The molecule has 1 aromatic heterocycles. The zero-order valence-electron chi connectivity index (χ0n) is 20.3. The number of hydrogen-bond donors (Lipinski definition) is 1. The number of amides is 1. The average Bonchev–Trinajstić information content (AvgIpc) is 3.18. The summed E-state index contributed by atoms with van der Waals surface area (Å²) in [6, 6.07) is 16.3. The SMILES string of the molecule is CCn1c(-c2cccc(C(=O)NCCN3C(C)COCC3C)c2)c(C#N)c2ccc(OC)cc21. The first-order chi connectivity index (χ1) is 16.5. The minimum absolute atomic E-state index is 0.116. The number of nitrogens with one attached hydrogen (secondary N) is 1. The molecule has 1 aliphatic heterocycles. The Kier molecular flexibility index (Phi) is 7.20. The minimum Gasteiger partial charge on any atom is -0.497 e. The molecular formula is C27H32N4O3. The summed E-state index contributed by atoms with van der Waals surface area (Å²) >= 11 is 0. The number of nitrogens with zero attached hydrogens (tertiary/aromatic N) is 3. The Bertz CT molecular complexity index is 1220. The fourth-order valence-electron chi connectivity index (χ4n) is 4.88. The van der Waals surface area contributed by atoms with Crippen molar-refractivity contribution < 1.29 is 14.3 Å². The van der Waals surface area contributed by atoms with Crippen molar-refractivity contribution in [2.75, 3.05) is 33.4 Å². The molecule has 2 aromatic carbocycles. The molecule has 0 aliphatic carbocycles. The fourth-order valence-corrected chi connectivity index (χ4v) is 4.88. The summed E-state index contributed by atoms with van der Waals surface area (Å²) in [6.45, 7) is 9.82. The number of aromatic nitrogens is 1. The monoisotopic (exact) mass is 460 g/mol. The molecule has 1 aliphatic rings. The van der Waals surface area contributed by atoms with Crippen LogP contribution >= 0.6 is 0 Å². The molecule has 2 heterocycles. The highest BCUT2D eigenvalue weighted by Gasteiger charge is 2.25. The van der Waals surface area contributed by atoms with Crippen LogP contribution < -0.4 is 10.1 Å². The number of ether oxygens (including phenoxy) is 2. The maximum atomic E-state index is 13.0. The van der Waals surface area contributed by atoms with Crippen LogP contribution in [0.2, 0.25) is 0 Å². The zero-order valence-corrected chi connectivity index (χ0v) is 20.3. The topological polar surface area (TPSA) is 79.5 Å². The van der Waals surface area contributed by atoms with Gasteiger partial charge in [0.2, 0.25) is 0 Å². The maximum absolute atomic E-state index is 13.0. The van der Waals surface area contributed by atoms with Crippen LogP contribution in [0.3, 0.4) is 0 Å². The smallest absolute Gasteiger partial charge is 0.251 e. The Morgan fingerprint density at radius 2 is 1.97 bits per heavy atom. The second-order valence-electron chi connectivity index (χ2n) is 8.77. The van der Waals surface area contributed by atoms with Gasteiger partial charge in [-0.3, -0.25) is 9.69 Å². The van der Waals surface area contributed by atoms with Crippen molar-refractivity contribution >= 4 is 16.8 Å². The number of carbonyl (C=O) groups is 1. The van der Waals surface area contributed by atoms with Crippen LogP contribution in [-0.4, -0.2) is 60.9 Å². The third-order valence-electron chi connectivity index (χ3n) is 6.60. The molecule has 2 atom stereocenters. The van der Waals surface area contributed by atoms with E-state index < -0.39 is 0 Å². The number of morpholine rings is 1. The van der Waals surface area contributed by atoms with Gasteiger partial charge in [-0.1, -0.05) is 12.1 Å². The number of benzene rings is 2. The zero-order chi connectivity index (χ0) is 24.2. The lowest BCUT2D eigenvalue weighted by molar-refractivity contribution is -0.0355. The lowest BCUT2D eigenvalue weighted by Crippen LogP contribution is -2.51. The van der Waals surface area contributed by atoms with E-state index in [9.17, 15) is 10.1 Å². The lowest BCUT2D eigenvalue weighted by Gasteiger charge is -2.38. The average molecular weight is 461 g/mol. The van der Waals surface area contributed by atoms with E-state index in [0.717, 1.165) is 47.7 Å². The van der Waals surface area contributed by atoms with Crippen molar-refractivity contribution in [2.45, 2.75) is 39.4 Å². The van der Waals surface area contributed by atoms with E-state index in [1.807, 2.05) is 49.4 Å². The molecule has 34 heavy (non-hydrogen) atoms. The van der Waals surface area contributed by atoms with Gasteiger partial charge in [-0.25, -0.2) is 0 Å². The number of aryl methyl sites for hydroxylation is 1. The van der Waals surface area contributed by atoms with Gasteiger partial charge in [0.15, 0.2) is 0 Å². The summed E-state index contributed by atoms with van der Waals surface area (Å²) in [6.07, 6.45) is 0. The molecule has 7 nitrogen and oxygen atoms in total. The maximum Gasteiger partial charge on any atom is 0.251 e. The van der Waals surface area contributed by atoms with Gasteiger partial charge >= 0.3 is 0 Å². The third-order valence-corrected chi connectivity index (χ3v) is 6.60. The van der Waals surface area contributed by atoms with Gasteiger partial charge in [0, 0.05) is 54.3 Å². The van der Waals surface area contributed by atoms with Gasteiger partial charge in [0.05, 0.1) is 37.1 Å². The first kappa shape index (κ1) is 23.8. The predicted octanol–water partition coefficient (Wildman–Crippen LogP) is 4.05. The lowest BCUT2D eigenvalue weighted by atomic mass is 10.0. The van der Waals surface area contributed by atoms with Crippen molar-refractivity contribution in [2.24, 2.45) is 0 Å². The molecule has 7 heteroatoms. The number of nitriles is 1. The van der Waals surface area contributed by atoms with Gasteiger partial charge in [-0.2, -0.15) is 5.26 Å². The van der Waals surface area contributed by atoms with Crippen molar-refractivity contribution in [3.63, 3.8) is 0 Å². The molecular weight excluding hydrogens is 428 g/mol. The Labute approximate surface area is 200 Å². The van der Waals surface area contributed by atoms with Crippen LogP contribution in [0.25, 0.3) is 22.2 Å². The van der Waals surface area contributed by atoms with Crippen molar-refractivity contribution in [1.82, 2.24) is 14.8 Å². The number of rotatable bonds is 7. The van der Waals surface area contributed by atoms with Gasteiger partial charge in [0.1, 0.15) is 11.8 Å². The Balaban J connectivity index is 1.59. The van der Waals surface area contributed by atoms with Crippen LogP contribution in [0.15, 0.2) is 42.5 Å². The summed E-state index contributed by atoms with van der Waals surface area (Å²) in [5.74, 6) is 0.627. The molecule has 1 fully saturated rings. The molecule has 4 rings (SSSR count). The van der Waals surface area contributed by atoms with Crippen LogP contribution in [0.4, 0.5) is 0 Å². The van der Waals surface area contributed by atoms with E-state index in [0.29, 0.717) is 36.3 Å². The molecule has 0 radical (unpaired) electrons. The highest BCUT2D eigenvalue weighted by atomic mass is 16.5. The molecule has 3 aromatic rings. The summed E-state index contributed by atoms with van der Waals surface area (Å²) in [5.41, 5.74) is 3.79. The normalized spacial score (nSPS) is 18.6. The summed E-state index contributed by atoms with van der Waals surface area (Å²) in [4.78, 5) is 15.3. The van der Waals surface area contributed by atoms with Gasteiger partial charge < -0.3 is 19.4 Å². The van der Waals surface area contributed by atoms with E-state index in [-0.39, 0.29) is 5.91 Å². The van der Waals surface area contributed by atoms with Gasteiger partial charge in [-0.15, -0.1) is 0 Å². The van der Waals surface area contributed by atoms with E-state index in [1.165, 1.54) is 0 Å². The van der Waals surface area contributed by atoms with E-state index >= 15 is 0 Å². The second-order valence-corrected chi connectivity index (χ2v) is 8.77. The van der Waals surface area contributed by atoms with Crippen molar-refractivity contribution in [3.8, 4) is 23.1 Å². The van der Waals surface area contributed by atoms with Crippen LogP contribution in [0.1, 0.15) is 36.7 Å². The standard InChI is InChI=1S/C27H32N4O3/c1-5-30-25-14-22(33-4)9-10-23(25)24(15-28)26(30)20-7-6-8-21(13-20)27(32)29-11-12-31-18(2)16-34-17-19(31)3/h6-10,13-14,18-19H,5,11-12,16-17H2,1-4H3,(H,29,32). The number of hydrogen-bond acceptors (Lipinski definition) is 5. The molecule has 0 spiro atoms. The minimum atomic E-state index is -0.116. The Hall–Kier alpha value is -3.34. The van der Waals surface area contributed by atoms with Crippen LogP contribution in [-0.2, 0) is 11.3 Å². The molecule has 1 saturated heterocycles. The number of carbonyl (C=O) groups excluding carboxylic acids is 1. The highest BCUT2D eigenvalue weighted by Crippen LogP contribution is 2.35. The number of methoxy groups -OCH3 is 1. The molecule has 2 unspecified atom stereocenters. The molecule has 0 saturated carbocycles. The third kappa shape index (κ3) is 4.52. The van der Waals surface area contributed by atoms with Gasteiger partial charge in [-0.05, 0) is 45.0 Å². The fraction of sp³-hybridized carbons (Fsp3) is 0.407. The first-order valence-electron chi connectivity index (χ1n) is 11.8. The van der Waals surface area contributed by atoms with Gasteiger partial charge in [0.25, 0.3) is 5.91 Å². The second kappa shape index (κ2) is 10.3. The van der Waals surface area contributed by atoms with Crippen molar-refractivity contribution in [3.05, 3.63) is 53.6 Å². The number of fused-ring (bicyclic) bond motifs is 1. The van der Waals surface area contributed by atoms with E-state index in [2.05, 4.69) is 34.7 Å². The Morgan fingerprint density at radius 1 is 1.21 bits per heavy atom. The summed E-state index contributed by atoms with van der Waals surface area (Å²) in [5, 5.41) is 13.9. The highest BCUT2D eigenvalue weighted by molar-refractivity contribution is 5.98. The molecule has 0 bridgehead atoms. The van der Waals surface area contributed by atoms with Crippen LogP contribution in [0, 0.1) is 11.3 Å². The van der Waals surface area contributed by atoms with E-state index in [4.69, 9.17) is 9.47 Å². The van der Waals surface area contributed by atoms with Crippen molar-refractivity contribution in [1.29, 1.82) is 5.26 Å². The molecule has 1 N–H and O–H groups in total. The summed E-state index contributed by atoms with van der Waals surface area (Å²) < 4.78 is 13.1. The van der Waals surface area contributed by atoms with E-state index in [1.54, 1.807) is 7.11 Å². The predicted molar refractivity (Wildman–Crippen MR) is 133 cm³/mol. The quantitative estimate of drug-likeness (QED) is 0.576.